The van der Waals surface area contributed by atoms with Crippen molar-refractivity contribution in [1.29, 1.82) is 0 Å². The standard InChI is InChI=1S/C26H40N6O10P2/c1-17(2)25(43(37,38)39)27(19(5)6)30(22-11-15-24(16-12-22)32(35)36)26(18(3)4,44(40,41)42)28(20(7)8)29(25)21-9-13-23(14-10-21)31(33)34/h9-20H,1-8H3,(H2,37,38,39)(H2,40,41,42)/p-4. The number of nitro groups is 2. The molecule has 0 aromatic heterocycles. The molecule has 1 aliphatic rings. The van der Waals surface area contributed by atoms with Gasteiger partial charge < -0.3 is 28.7 Å². The van der Waals surface area contributed by atoms with Crippen molar-refractivity contribution >= 4 is 37.9 Å². The van der Waals surface area contributed by atoms with E-state index in [1.54, 1.807) is 0 Å². The number of hydrazine groups is 2. The lowest BCUT2D eigenvalue weighted by molar-refractivity contribution is -0.385. The molecule has 0 aliphatic carbocycles. The van der Waals surface area contributed by atoms with E-state index in [2.05, 4.69) is 0 Å². The van der Waals surface area contributed by atoms with E-state index in [0.29, 0.717) is 0 Å². The van der Waals surface area contributed by atoms with E-state index in [4.69, 9.17) is 0 Å². The van der Waals surface area contributed by atoms with Crippen molar-refractivity contribution in [1.82, 2.24) is 10.0 Å². The molecule has 2 unspecified atom stereocenters. The average molecular weight is 655 g/mol. The summed E-state index contributed by atoms with van der Waals surface area (Å²) in [7, 11) is -11.9. The summed E-state index contributed by atoms with van der Waals surface area (Å²) in [6.45, 7) is 11.8. The highest BCUT2D eigenvalue weighted by atomic mass is 31.2. The van der Waals surface area contributed by atoms with Crippen LogP contribution >= 0.6 is 15.2 Å². The Morgan fingerprint density at radius 1 is 0.568 bits per heavy atom. The maximum atomic E-state index is 13.9. The minimum atomic E-state index is -5.96. The third kappa shape index (κ3) is 5.33. The molecule has 18 heteroatoms. The summed E-state index contributed by atoms with van der Waals surface area (Å²) >= 11 is 0. The molecule has 1 saturated heterocycles. The molecule has 1 fully saturated rings. The normalized spacial score (nSPS) is 22.5. The van der Waals surface area contributed by atoms with Gasteiger partial charge in [0.2, 0.25) is 0 Å². The van der Waals surface area contributed by atoms with E-state index in [0.717, 1.165) is 44.3 Å². The number of hydrogen-bond acceptors (Lipinski definition) is 14. The highest BCUT2D eigenvalue weighted by Gasteiger charge is 2.67. The van der Waals surface area contributed by atoms with Crippen LogP contribution in [-0.4, -0.2) is 42.8 Å². The van der Waals surface area contributed by atoms with Crippen LogP contribution in [0.5, 0.6) is 0 Å². The highest BCUT2D eigenvalue weighted by molar-refractivity contribution is 7.51. The van der Waals surface area contributed by atoms with Crippen LogP contribution in [-0.2, 0) is 9.13 Å². The second-order valence-electron chi connectivity index (χ2n) is 11.7. The van der Waals surface area contributed by atoms with Gasteiger partial charge in [-0.05, 0) is 79.0 Å². The first-order valence-corrected chi connectivity index (χ1v) is 16.9. The SMILES string of the molecule is CC(C)N1N(c2ccc([N+](=O)[O-])cc2)C(C(C)C)(P(=O)([O-])[O-])N(C(C)C)N(c2ccc([N+](=O)[O-])cc2)C1(C(C)C)P(=O)([O-])[O-]. The Hall–Kier alpha value is -2.94. The second kappa shape index (κ2) is 12.1. The molecule has 2 aromatic carbocycles. The number of benzene rings is 2. The van der Waals surface area contributed by atoms with Gasteiger partial charge in [-0.3, -0.25) is 30.2 Å². The molecular formula is C26H36N6O10P2-4. The summed E-state index contributed by atoms with van der Waals surface area (Å²) in [5, 5.41) is 21.6. The van der Waals surface area contributed by atoms with Crippen LogP contribution in [0.15, 0.2) is 48.5 Å². The van der Waals surface area contributed by atoms with Crippen LogP contribution in [0, 0.1) is 32.1 Å². The molecular weight excluding hydrogens is 618 g/mol. The molecule has 244 valence electrons. The van der Waals surface area contributed by atoms with Gasteiger partial charge >= 0.3 is 0 Å². The topological polar surface area (TPSA) is 226 Å². The van der Waals surface area contributed by atoms with Crippen molar-refractivity contribution in [2.45, 2.75) is 78.3 Å². The first-order valence-electron chi connectivity index (χ1n) is 13.8. The van der Waals surface area contributed by atoms with Crippen molar-refractivity contribution in [2.75, 3.05) is 10.0 Å². The summed E-state index contributed by atoms with van der Waals surface area (Å²) in [5.41, 5.74) is -0.910. The van der Waals surface area contributed by atoms with E-state index >= 15 is 0 Å². The van der Waals surface area contributed by atoms with E-state index in [1.165, 1.54) is 79.7 Å². The van der Waals surface area contributed by atoms with E-state index in [9.17, 15) is 48.9 Å². The Morgan fingerprint density at radius 2 is 0.818 bits per heavy atom. The minimum Gasteiger partial charge on any atom is -0.808 e. The fourth-order valence-corrected chi connectivity index (χ4v) is 9.52. The molecule has 44 heavy (non-hydrogen) atoms. The van der Waals surface area contributed by atoms with Crippen LogP contribution in [0.3, 0.4) is 0 Å². The smallest absolute Gasteiger partial charge is 0.269 e. The predicted molar refractivity (Wildman–Crippen MR) is 155 cm³/mol. The molecule has 0 N–H and O–H groups in total. The molecule has 1 heterocycles. The minimum absolute atomic E-state index is 0.0996. The lowest BCUT2D eigenvalue weighted by Crippen LogP contribution is -2.89. The molecule has 2 atom stereocenters. The first kappa shape index (κ1) is 35.5. The zero-order valence-electron chi connectivity index (χ0n) is 25.6. The van der Waals surface area contributed by atoms with Crippen LogP contribution < -0.4 is 29.6 Å². The van der Waals surface area contributed by atoms with Crippen molar-refractivity contribution in [2.24, 2.45) is 11.8 Å². The van der Waals surface area contributed by atoms with Gasteiger partial charge in [0, 0.05) is 36.3 Å². The third-order valence-corrected chi connectivity index (χ3v) is 11.1. The third-order valence-electron chi connectivity index (χ3n) is 7.67. The van der Waals surface area contributed by atoms with Gasteiger partial charge in [0.15, 0.2) is 10.8 Å². The van der Waals surface area contributed by atoms with Gasteiger partial charge in [-0.2, -0.15) is 10.0 Å². The molecule has 0 spiro atoms. The zero-order valence-corrected chi connectivity index (χ0v) is 27.4. The molecule has 0 radical (unpaired) electrons. The Balaban J connectivity index is 2.71. The van der Waals surface area contributed by atoms with E-state index in [1.807, 2.05) is 0 Å². The highest BCUT2D eigenvalue weighted by Crippen LogP contribution is 2.66. The number of non-ortho nitro benzene ring substituents is 2. The van der Waals surface area contributed by atoms with E-state index < -0.39 is 59.8 Å². The molecule has 0 amide bonds. The van der Waals surface area contributed by atoms with Gasteiger partial charge in [0.1, 0.15) is 0 Å². The lowest BCUT2D eigenvalue weighted by atomic mass is 10.0. The fraction of sp³-hybridized carbons (Fsp3) is 0.538. The van der Waals surface area contributed by atoms with Crippen molar-refractivity contribution in [3.05, 3.63) is 68.8 Å². The van der Waals surface area contributed by atoms with Crippen molar-refractivity contribution < 1.29 is 38.6 Å². The Morgan fingerprint density at radius 3 is 0.977 bits per heavy atom. The summed E-state index contributed by atoms with van der Waals surface area (Å²) in [5.74, 6) is -2.27. The van der Waals surface area contributed by atoms with Gasteiger partial charge in [0.05, 0.1) is 21.2 Å². The molecule has 0 bridgehead atoms. The molecule has 16 nitrogen and oxygen atoms in total. The van der Waals surface area contributed by atoms with Gasteiger partial charge in [-0.25, -0.2) is 0 Å². The molecule has 0 saturated carbocycles. The van der Waals surface area contributed by atoms with Crippen LogP contribution in [0.4, 0.5) is 22.7 Å². The summed E-state index contributed by atoms with van der Waals surface area (Å²) < 4.78 is 27.7. The van der Waals surface area contributed by atoms with E-state index in [-0.39, 0.29) is 22.7 Å². The van der Waals surface area contributed by atoms with Gasteiger partial charge in [-0.15, -0.1) is 0 Å². The number of nitro benzene ring substituents is 2. The Bertz CT molecular complexity index is 1370. The summed E-state index contributed by atoms with van der Waals surface area (Å²) in [6.07, 6.45) is 0. The second-order valence-corrected chi connectivity index (χ2v) is 15.0. The van der Waals surface area contributed by atoms with Crippen LogP contribution in [0.1, 0.15) is 55.4 Å². The van der Waals surface area contributed by atoms with Crippen LogP contribution in [0.25, 0.3) is 0 Å². The summed E-state index contributed by atoms with van der Waals surface area (Å²) in [6, 6.07) is 7.09. The Kier molecular flexibility index (Phi) is 9.78. The van der Waals surface area contributed by atoms with Crippen molar-refractivity contribution in [3.8, 4) is 0 Å². The number of hydrogen-bond donors (Lipinski definition) is 0. The Labute approximate surface area is 255 Å². The maximum absolute atomic E-state index is 13.9. The zero-order chi connectivity index (χ0) is 33.7. The van der Waals surface area contributed by atoms with Gasteiger partial charge in [0.25, 0.3) is 11.4 Å². The molecule has 2 aromatic rings. The van der Waals surface area contributed by atoms with Crippen LogP contribution in [0.2, 0.25) is 0 Å². The lowest BCUT2D eigenvalue weighted by Gasteiger charge is -2.79. The largest absolute Gasteiger partial charge is 0.808 e. The number of rotatable bonds is 10. The maximum Gasteiger partial charge on any atom is 0.269 e. The number of nitrogens with zero attached hydrogens (tertiary/aromatic N) is 6. The van der Waals surface area contributed by atoms with Gasteiger partial charge in [-0.1, -0.05) is 27.7 Å². The fourth-order valence-electron chi connectivity index (χ4n) is 6.22. The first-order chi connectivity index (χ1) is 20.1. The average Bonchev–Trinajstić information content (AvgIpc) is 2.89. The molecule has 3 rings (SSSR count). The summed E-state index contributed by atoms with van der Waals surface area (Å²) in [4.78, 5) is 77.0. The quantitative estimate of drug-likeness (QED) is 0.204. The number of anilines is 2. The monoisotopic (exact) mass is 654 g/mol. The van der Waals surface area contributed by atoms with Crippen molar-refractivity contribution in [3.63, 3.8) is 0 Å². The molecule has 1 aliphatic heterocycles. The predicted octanol–water partition coefficient (Wildman–Crippen LogP) is 2.53.